The van der Waals surface area contributed by atoms with Crippen molar-refractivity contribution in [2.45, 2.75) is 11.4 Å². The fourth-order valence-electron chi connectivity index (χ4n) is 2.07. The van der Waals surface area contributed by atoms with Gasteiger partial charge in [-0.1, -0.05) is 24.3 Å². The Kier molecular flexibility index (Phi) is 3.30. The molecular formula is C15H14N2O2S. The topological polar surface area (TPSA) is 62.0 Å². The van der Waals surface area contributed by atoms with E-state index in [1.54, 1.807) is 30.3 Å². The summed E-state index contributed by atoms with van der Waals surface area (Å²) >= 11 is 0. The van der Waals surface area contributed by atoms with Crippen LogP contribution in [0.1, 0.15) is 5.56 Å². The molecule has 0 atom stereocenters. The summed E-state index contributed by atoms with van der Waals surface area (Å²) in [6.07, 6.45) is 1.86. The van der Waals surface area contributed by atoms with E-state index >= 15 is 0 Å². The van der Waals surface area contributed by atoms with Crippen molar-refractivity contribution in [2.24, 2.45) is 0 Å². The minimum Gasteiger partial charge on any atom is -0.361 e. The van der Waals surface area contributed by atoms with Crippen molar-refractivity contribution in [3.63, 3.8) is 0 Å². The van der Waals surface area contributed by atoms with Gasteiger partial charge in [-0.15, -0.1) is 0 Å². The molecule has 0 amide bonds. The molecule has 0 saturated heterocycles. The van der Waals surface area contributed by atoms with E-state index in [0.717, 1.165) is 16.5 Å². The predicted molar refractivity (Wildman–Crippen MR) is 78.8 cm³/mol. The maximum atomic E-state index is 12.1. The summed E-state index contributed by atoms with van der Waals surface area (Å²) in [7, 11) is -3.46. The van der Waals surface area contributed by atoms with Crippen LogP contribution in [0, 0.1) is 0 Å². The summed E-state index contributed by atoms with van der Waals surface area (Å²) in [5.74, 6) is 0. The van der Waals surface area contributed by atoms with E-state index in [-0.39, 0.29) is 11.4 Å². The van der Waals surface area contributed by atoms with Gasteiger partial charge >= 0.3 is 0 Å². The fourth-order valence-corrected chi connectivity index (χ4v) is 3.11. The fraction of sp³-hybridized carbons (Fsp3) is 0.0667. The molecule has 5 heteroatoms. The number of hydrogen-bond acceptors (Lipinski definition) is 2. The van der Waals surface area contributed by atoms with Crippen LogP contribution in [0.2, 0.25) is 0 Å². The second kappa shape index (κ2) is 5.11. The number of aromatic nitrogens is 1. The number of nitrogens with one attached hydrogen (secondary N) is 2. The molecule has 2 aromatic carbocycles. The molecule has 0 radical (unpaired) electrons. The number of H-pyrrole nitrogens is 1. The lowest BCUT2D eigenvalue weighted by Crippen LogP contribution is -2.23. The van der Waals surface area contributed by atoms with Gasteiger partial charge in [0, 0.05) is 18.3 Å². The molecule has 2 N–H and O–H groups in total. The van der Waals surface area contributed by atoms with Crippen LogP contribution in [0.3, 0.4) is 0 Å². The molecule has 0 aliphatic rings. The summed E-state index contributed by atoms with van der Waals surface area (Å²) in [5.41, 5.74) is 1.97. The van der Waals surface area contributed by atoms with Crippen molar-refractivity contribution < 1.29 is 8.42 Å². The standard InChI is InChI=1S/C15H14N2O2S/c18-20(19,14-4-2-1-3-5-14)17-11-12-6-7-15-13(10-12)8-9-16-15/h1-10,16-17H,11H2. The quantitative estimate of drug-likeness (QED) is 0.774. The summed E-state index contributed by atoms with van der Waals surface area (Å²) < 4.78 is 26.8. The Bertz CT molecular complexity index is 823. The van der Waals surface area contributed by atoms with Gasteiger partial charge in [0.2, 0.25) is 10.0 Å². The van der Waals surface area contributed by atoms with Crippen molar-refractivity contribution in [3.05, 3.63) is 66.4 Å². The first-order valence-corrected chi connectivity index (χ1v) is 7.74. The average molecular weight is 286 g/mol. The molecule has 0 saturated carbocycles. The van der Waals surface area contributed by atoms with Gasteiger partial charge in [0.05, 0.1) is 4.90 Å². The van der Waals surface area contributed by atoms with Gasteiger partial charge in [-0.05, 0) is 41.3 Å². The molecule has 0 spiro atoms. The SMILES string of the molecule is O=S(=O)(NCc1ccc2[nH]ccc2c1)c1ccccc1. The van der Waals surface area contributed by atoms with Gasteiger partial charge in [0.25, 0.3) is 0 Å². The highest BCUT2D eigenvalue weighted by molar-refractivity contribution is 7.89. The monoisotopic (exact) mass is 286 g/mol. The molecule has 4 nitrogen and oxygen atoms in total. The molecule has 0 fully saturated rings. The average Bonchev–Trinajstić information content (AvgIpc) is 2.94. The highest BCUT2D eigenvalue weighted by Crippen LogP contribution is 2.15. The highest BCUT2D eigenvalue weighted by atomic mass is 32.2. The third kappa shape index (κ3) is 2.59. The minimum absolute atomic E-state index is 0.276. The van der Waals surface area contributed by atoms with Crippen molar-refractivity contribution in [1.29, 1.82) is 0 Å². The van der Waals surface area contributed by atoms with Crippen molar-refractivity contribution in [2.75, 3.05) is 0 Å². The van der Waals surface area contributed by atoms with E-state index in [0.29, 0.717) is 0 Å². The zero-order chi connectivity index (χ0) is 14.0. The minimum atomic E-state index is -3.46. The molecule has 0 unspecified atom stereocenters. The summed E-state index contributed by atoms with van der Waals surface area (Å²) in [5, 5.41) is 1.07. The zero-order valence-corrected chi connectivity index (χ0v) is 11.5. The van der Waals surface area contributed by atoms with E-state index in [1.165, 1.54) is 0 Å². The largest absolute Gasteiger partial charge is 0.361 e. The zero-order valence-electron chi connectivity index (χ0n) is 10.7. The van der Waals surface area contributed by atoms with Crippen molar-refractivity contribution in [1.82, 2.24) is 9.71 Å². The number of fused-ring (bicyclic) bond motifs is 1. The Hall–Kier alpha value is -2.11. The lowest BCUT2D eigenvalue weighted by atomic mass is 10.1. The maximum absolute atomic E-state index is 12.1. The summed E-state index contributed by atoms with van der Waals surface area (Å²) in [6.45, 7) is 0.276. The Morgan fingerprint density at radius 1 is 1.00 bits per heavy atom. The third-order valence-corrected chi connectivity index (χ3v) is 4.55. The molecule has 20 heavy (non-hydrogen) atoms. The lowest BCUT2D eigenvalue weighted by molar-refractivity contribution is 0.581. The number of sulfonamides is 1. The van der Waals surface area contributed by atoms with Crippen LogP contribution in [0.25, 0.3) is 10.9 Å². The molecule has 0 bridgehead atoms. The second-order valence-corrected chi connectivity index (χ2v) is 6.30. The Balaban J connectivity index is 1.79. The number of hydrogen-bond donors (Lipinski definition) is 2. The summed E-state index contributed by atoms with van der Waals surface area (Å²) in [6, 6.07) is 16.2. The van der Waals surface area contributed by atoms with Gasteiger partial charge in [0.1, 0.15) is 0 Å². The van der Waals surface area contributed by atoms with Crippen LogP contribution in [-0.2, 0) is 16.6 Å². The van der Waals surface area contributed by atoms with Crippen LogP contribution in [-0.4, -0.2) is 13.4 Å². The van der Waals surface area contributed by atoms with E-state index in [4.69, 9.17) is 0 Å². The Labute approximate surface area is 117 Å². The van der Waals surface area contributed by atoms with Crippen LogP contribution < -0.4 is 4.72 Å². The Morgan fingerprint density at radius 3 is 2.60 bits per heavy atom. The first kappa shape index (κ1) is 12.9. The van der Waals surface area contributed by atoms with Crippen molar-refractivity contribution in [3.8, 4) is 0 Å². The molecule has 102 valence electrons. The van der Waals surface area contributed by atoms with Crippen LogP contribution in [0.5, 0.6) is 0 Å². The van der Waals surface area contributed by atoms with E-state index in [2.05, 4.69) is 9.71 Å². The molecule has 1 heterocycles. The van der Waals surface area contributed by atoms with Crippen LogP contribution in [0.15, 0.2) is 65.7 Å². The highest BCUT2D eigenvalue weighted by Gasteiger charge is 2.12. The Morgan fingerprint density at radius 2 is 1.80 bits per heavy atom. The number of benzene rings is 2. The summed E-state index contributed by atoms with van der Waals surface area (Å²) in [4.78, 5) is 3.39. The number of rotatable bonds is 4. The van der Waals surface area contributed by atoms with Crippen LogP contribution in [0.4, 0.5) is 0 Å². The number of aromatic amines is 1. The molecule has 0 aliphatic carbocycles. The van der Waals surface area contributed by atoms with E-state index in [1.807, 2.05) is 30.5 Å². The van der Waals surface area contributed by atoms with Crippen molar-refractivity contribution >= 4 is 20.9 Å². The molecule has 0 aliphatic heterocycles. The predicted octanol–water partition coefficient (Wildman–Crippen LogP) is 2.65. The molecule has 3 rings (SSSR count). The molecular weight excluding hydrogens is 272 g/mol. The third-order valence-electron chi connectivity index (χ3n) is 3.14. The van der Waals surface area contributed by atoms with Gasteiger partial charge in [-0.2, -0.15) is 0 Å². The normalized spacial score (nSPS) is 11.8. The van der Waals surface area contributed by atoms with Gasteiger partial charge < -0.3 is 4.98 Å². The smallest absolute Gasteiger partial charge is 0.240 e. The first-order valence-electron chi connectivity index (χ1n) is 6.26. The molecule has 3 aromatic rings. The lowest BCUT2D eigenvalue weighted by Gasteiger charge is -2.07. The second-order valence-electron chi connectivity index (χ2n) is 4.54. The van der Waals surface area contributed by atoms with Crippen LogP contribution >= 0.6 is 0 Å². The maximum Gasteiger partial charge on any atom is 0.240 e. The molecule has 1 aromatic heterocycles. The van der Waals surface area contributed by atoms with E-state index < -0.39 is 10.0 Å². The van der Waals surface area contributed by atoms with Gasteiger partial charge in [-0.3, -0.25) is 0 Å². The van der Waals surface area contributed by atoms with Gasteiger partial charge in [-0.25, -0.2) is 13.1 Å². The van der Waals surface area contributed by atoms with Gasteiger partial charge in [0.15, 0.2) is 0 Å². The van der Waals surface area contributed by atoms with E-state index in [9.17, 15) is 8.42 Å². The first-order chi connectivity index (χ1) is 9.65.